The van der Waals surface area contributed by atoms with Gasteiger partial charge in [0.15, 0.2) is 0 Å². The van der Waals surface area contributed by atoms with Crippen LogP contribution in [0.4, 0.5) is 0 Å². The van der Waals surface area contributed by atoms with Crippen molar-refractivity contribution in [3.8, 4) is 0 Å². The number of nitrogens with two attached hydrogens (primary N) is 1. The molecular weight excluding hydrogens is 230 g/mol. The van der Waals surface area contributed by atoms with Crippen molar-refractivity contribution in [1.29, 1.82) is 0 Å². The molecule has 0 saturated carbocycles. The minimum Gasteiger partial charge on any atom is -0.330 e. The zero-order chi connectivity index (χ0) is 13.8. The smallest absolute Gasteiger partial charge is 0.00366 e. The first-order valence-electron chi connectivity index (χ1n) is 7.70. The summed E-state index contributed by atoms with van der Waals surface area (Å²) in [6, 6.07) is 2.45. The highest BCUT2D eigenvalue weighted by molar-refractivity contribution is 5.50. The summed E-state index contributed by atoms with van der Waals surface area (Å²) in [6.45, 7) is 9.30. The third kappa shape index (κ3) is 2.76. The molecule has 1 nitrogen and oxygen atoms in total. The molecule has 0 saturated heterocycles. The van der Waals surface area contributed by atoms with E-state index in [-0.39, 0.29) is 0 Å². The second kappa shape index (κ2) is 6.38. The first-order chi connectivity index (χ1) is 9.22. The molecule has 2 N–H and O–H groups in total. The van der Waals surface area contributed by atoms with Gasteiger partial charge < -0.3 is 5.73 Å². The lowest BCUT2D eigenvalue weighted by Crippen LogP contribution is -2.10. The van der Waals surface area contributed by atoms with E-state index in [9.17, 15) is 0 Å². The first kappa shape index (κ1) is 14.3. The average molecular weight is 257 g/mol. The Morgan fingerprint density at radius 2 is 2.11 bits per heavy atom. The molecule has 0 heterocycles. The molecule has 1 atom stereocenters. The Balaban J connectivity index is 2.56. The van der Waals surface area contributed by atoms with E-state index in [4.69, 9.17) is 5.73 Å². The summed E-state index contributed by atoms with van der Waals surface area (Å²) < 4.78 is 0. The maximum Gasteiger partial charge on any atom is -0.00366 e. The van der Waals surface area contributed by atoms with Crippen molar-refractivity contribution >= 4 is 0 Å². The number of allylic oxidation sites excluding steroid dienone is 1. The molecule has 1 aliphatic carbocycles. The molecule has 19 heavy (non-hydrogen) atoms. The van der Waals surface area contributed by atoms with Gasteiger partial charge in [0.2, 0.25) is 0 Å². The van der Waals surface area contributed by atoms with Crippen LogP contribution in [0.1, 0.15) is 60.4 Å². The van der Waals surface area contributed by atoms with Gasteiger partial charge in [0.05, 0.1) is 0 Å². The lowest BCUT2D eigenvalue weighted by atomic mass is 9.85. The molecule has 1 aliphatic rings. The summed E-state index contributed by atoms with van der Waals surface area (Å²) in [7, 11) is 0. The van der Waals surface area contributed by atoms with Gasteiger partial charge in [0.1, 0.15) is 0 Å². The van der Waals surface area contributed by atoms with Crippen molar-refractivity contribution in [2.24, 2.45) is 5.73 Å². The highest BCUT2D eigenvalue weighted by atomic mass is 14.5. The van der Waals surface area contributed by atoms with Crippen LogP contribution in [-0.4, -0.2) is 6.54 Å². The summed E-state index contributed by atoms with van der Waals surface area (Å²) in [4.78, 5) is 0. The van der Waals surface area contributed by atoms with Crippen molar-refractivity contribution in [2.75, 3.05) is 6.54 Å². The Kier molecular flexibility index (Phi) is 4.81. The van der Waals surface area contributed by atoms with Gasteiger partial charge in [-0.25, -0.2) is 0 Å². The molecule has 1 aromatic rings. The molecule has 0 amide bonds. The average Bonchev–Trinajstić information content (AvgIpc) is 2.89. The Bertz CT molecular complexity index is 459. The van der Waals surface area contributed by atoms with E-state index < -0.39 is 0 Å². The number of hydrogen-bond donors (Lipinski definition) is 1. The molecule has 0 fully saturated rings. The normalized spacial score (nSPS) is 15.3. The predicted octanol–water partition coefficient (Wildman–Crippen LogP) is 3.92. The fourth-order valence-corrected chi connectivity index (χ4v) is 3.39. The van der Waals surface area contributed by atoms with E-state index in [0.29, 0.717) is 5.92 Å². The third-order valence-electron chi connectivity index (χ3n) is 4.55. The maximum atomic E-state index is 5.80. The second-order valence-corrected chi connectivity index (χ2v) is 5.75. The number of fused-ring (bicyclic) bond motifs is 1. The Hall–Kier alpha value is -1.08. The topological polar surface area (TPSA) is 26.0 Å². The minimum atomic E-state index is 0.668. The van der Waals surface area contributed by atoms with Crippen molar-refractivity contribution in [3.63, 3.8) is 0 Å². The van der Waals surface area contributed by atoms with Crippen LogP contribution >= 0.6 is 0 Å². The summed E-state index contributed by atoms with van der Waals surface area (Å²) in [5, 5.41) is 0. The summed E-state index contributed by atoms with van der Waals surface area (Å²) in [6.07, 6.45) is 9.09. The van der Waals surface area contributed by atoms with Crippen LogP contribution < -0.4 is 5.73 Å². The van der Waals surface area contributed by atoms with Gasteiger partial charge in [0.25, 0.3) is 0 Å². The summed E-state index contributed by atoms with van der Waals surface area (Å²) in [5.74, 6) is 0.668. The molecule has 0 spiro atoms. The van der Waals surface area contributed by atoms with Crippen LogP contribution in [0.15, 0.2) is 18.7 Å². The van der Waals surface area contributed by atoms with Gasteiger partial charge in [-0.1, -0.05) is 26.0 Å². The van der Waals surface area contributed by atoms with Crippen molar-refractivity contribution in [2.45, 2.75) is 58.3 Å². The molecule has 1 heteroatoms. The van der Waals surface area contributed by atoms with Crippen molar-refractivity contribution in [1.82, 2.24) is 0 Å². The molecule has 0 aliphatic heterocycles. The van der Waals surface area contributed by atoms with Crippen LogP contribution in [0.5, 0.6) is 0 Å². The van der Waals surface area contributed by atoms with Gasteiger partial charge in [-0.05, 0) is 78.8 Å². The molecule has 0 aromatic heterocycles. The minimum absolute atomic E-state index is 0.668. The van der Waals surface area contributed by atoms with Crippen LogP contribution in [0, 0.1) is 0 Å². The molecule has 104 valence electrons. The molecule has 0 radical (unpaired) electrons. The SMILES string of the molecule is C=CCc1c(CCN)cc(C(C)CC)c2c1CCC2. The maximum absolute atomic E-state index is 5.80. The zero-order valence-corrected chi connectivity index (χ0v) is 12.5. The highest BCUT2D eigenvalue weighted by Gasteiger charge is 2.22. The van der Waals surface area contributed by atoms with Gasteiger partial charge in [-0.2, -0.15) is 0 Å². The molecule has 0 bridgehead atoms. The molecule has 2 rings (SSSR count). The highest BCUT2D eigenvalue weighted by Crippen LogP contribution is 2.36. The quantitative estimate of drug-likeness (QED) is 0.768. The Morgan fingerprint density at radius 1 is 1.37 bits per heavy atom. The van der Waals surface area contributed by atoms with Crippen LogP contribution in [0.25, 0.3) is 0 Å². The Labute approximate surface area is 117 Å². The fraction of sp³-hybridized carbons (Fsp3) is 0.556. The van der Waals surface area contributed by atoms with Gasteiger partial charge in [0, 0.05) is 0 Å². The fourth-order valence-electron chi connectivity index (χ4n) is 3.39. The van der Waals surface area contributed by atoms with E-state index in [1.54, 1.807) is 16.7 Å². The monoisotopic (exact) mass is 257 g/mol. The van der Waals surface area contributed by atoms with Gasteiger partial charge >= 0.3 is 0 Å². The number of benzene rings is 1. The lowest BCUT2D eigenvalue weighted by molar-refractivity contribution is 0.720. The molecule has 1 unspecified atom stereocenters. The van der Waals surface area contributed by atoms with E-state index in [0.717, 1.165) is 19.4 Å². The number of hydrogen-bond acceptors (Lipinski definition) is 1. The zero-order valence-electron chi connectivity index (χ0n) is 12.5. The second-order valence-electron chi connectivity index (χ2n) is 5.75. The van der Waals surface area contributed by atoms with Gasteiger partial charge in [-0.15, -0.1) is 6.58 Å². The van der Waals surface area contributed by atoms with E-state index >= 15 is 0 Å². The van der Waals surface area contributed by atoms with Crippen molar-refractivity contribution < 1.29 is 0 Å². The summed E-state index contributed by atoms with van der Waals surface area (Å²) >= 11 is 0. The lowest BCUT2D eigenvalue weighted by Gasteiger charge is -2.21. The Morgan fingerprint density at radius 3 is 2.74 bits per heavy atom. The molecular formula is C18H27N. The van der Waals surface area contributed by atoms with E-state index in [1.807, 2.05) is 6.08 Å². The molecule has 1 aromatic carbocycles. The largest absolute Gasteiger partial charge is 0.330 e. The van der Waals surface area contributed by atoms with Crippen LogP contribution in [0.2, 0.25) is 0 Å². The van der Waals surface area contributed by atoms with E-state index in [1.165, 1.54) is 36.8 Å². The predicted molar refractivity (Wildman–Crippen MR) is 83.8 cm³/mol. The van der Waals surface area contributed by atoms with Crippen LogP contribution in [-0.2, 0) is 25.7 Å². The van der Waals surface area contributed by atoms with Crippen LogP contribution in [0.3, 0.4) is 0 Å². The van der Waals surface area contributed by atoms with Crippen molar-refractivity contribution in [3.05, 3.63) is 46.5 Å². The van der Waals surface area contributed by atoms with Gasteiger partial charge in [-0.3, -0.25) is 0 Å². The number of rotatable bonds is 6. The first-order valence-corrected chi connectivity index (χ1v) is 7.70. The summed E-state index contributed by atoms with van der Waals surface area (Å²) in [5.41, 5.74) is 13.7. The van der Waals surface area contributed by atoms with E-state index in [2.05, 4.69) is 26.5 Å². The standard InChI is InChI=1S/C18H27N/c1-4-7-15-14(10-11-19)12-18(13(3)5-2)17-9-6-8-16(15)17/h4,12-13H,1,5-11,19H2,2-3H3. The third-order valence-corrected chi connectivity index (χ3v) is 4.55.